The van der Waals surface area contributed by atoms with Crippen LogP contribution in [0.1, 0.15) is 19.3 Å². The zero-order valence-corrected chi connectivity index (χ0v) is 14.9. The SMILES string of the molecule is COC1CCN(CCC(=O)Nc2cccc(Cl)c2)C(CN)C1.Cl. The standard InChI is InChI=1S/C16H24ClN3O2.ClH/c1-22-15-5-7-20(14(10-15)11-18)8-6-16(21)19-13-4-2-3-12(17)9-13;/h2-4,9,14-15H,5-8,10-11,18H2,1H3,(H,19,21);1H. The van der Waals surface area contributed by atoms with E-state index < -0.39 is 0 Å². The molecule has 1 aromatic carbocycles. The van der Waals surface area contributed by atoms with E-state index >= 15 is 0 Å². The molecule has 1 heterocycles. The molecule has 0 aliphatic carbocycles. The molecule has 23 heavy (non-hydrogen) atoms. The minimum absolute atomic E-state index is 0. The van der Waals surface area contributed by atoms with Gasteiger partial charge in [0.25, 0.3) is 0 Å². The summed E-state index contributed by atoms with van der Waals surface area (Å²) in [7, 11) is 1.74. The summed E-state index contributed by atoms with van der Waals surface area (Å²) < 4.78 is 5.41. The fourth-order valence-electron chi connectivity index (χ4n) is 2.85. The van der Waals surface area contributed by atoms with Crippen LogP contribution in [0, 0.1) is 0 Å². The molecule has 130 valence electrons. The first-order chi connectivity index (χ1) is 10.6. The van der Waals surface area contributed by atoms with E-state index in [2.05, 4.69) is 10.2 Å². The van der Waals surface area contributed by atoms with Gasteiger partial charge in [0.2, 0.25) is 5.91 Å². The highest BCUT2D eigenvalue weighted by molar-refractivity contribution is 6.30. The average molecular weight is 362 g/mol. The van der Waals surface area contributed by atoms with Crippen molar-refractivity contribution in [3.05, 3.63) is 29.3 Å². The van der Waals surface area contributed by atoms with Crippen molar-refractivity contribution in [3.8, 4) is 0 Å². The maximum atomic E-state index is 12.0. The number of halogens is 2. The number of nitrogens with two attached hydrogens (primary N) is 1. The number of methoxy groups -OCH3 is 1. The van der Waals surface area contributed by atoms with Crippen LogP contribution < -0.4 is 11.1 Å². The van der Waals surface area contributed by atoms with Crippen molar-refractivity contribution in [2.75, 3.05) is 32.1 Å². The molecule has 1 aromatic rings. The van der Waals surface area contributed by atoms with Crippen LogP contribution in [0.4, 0.5) is 5.69 Å². The van der Waals surface area contributed by atoms with Crippen molar-refractivity contribution >= 4 is 35.6 Å². The number of carbonyl (C=O) groups is 1. The zero-order valence-electron chi connectivity index (χ0n) is 13.3. The normalized spacial score (nSPS) is 21.5. The Labute approximate surface area is 148 Å². The third kappa shape index (κ3) is 6.28. The van der Waals surface area contributed by atoms with Gasteiger partial charge in [-0.3, -0.25) is 9.69 Å². The van der Waals surface area contributed by atoms with Crippen LogP contribution in [0.25, 0.3) is 0 Å². The van der Waals surface area contributed by atoms with Gasteiger partial charge in [-0.15, -0.1) is 12.4 Å². The van der Waals surface area contributed by atoms with Crippen molar-refractivity contribution in [2.45, 2.75) is 31.4 Å². The van der Waals surface area contributed by atoms with Gasteiger partial charge in [-0.2, -0.15) is 0 Å². The first kappa shape index (κ1) is 20.2. The molecule has 0 radical (unpaired) electrons. The molecule has 1 amide bonds. The highest BCUT2D eigenvalue weighted by atomic mass is 35.5. The van der Waals surface area contributed by atoms with Gasteiger partial charge in [-0.05, 0) is 31.0 Å². The molecule has 0 aromatic heterocycles. The predicted octanol–water partition coefficient (Wildman–Crippen LogP) is 2.53. The Morgan fingerprint density at radius 1 is 1.52 bits per heavy atom. The first-order valence-corrected chi connectivity index (χ1v) is 8.02. The lowest BCUT2D eigenvalue weighted by Crippen LogP contribution is -2.49. The number of ether oxygens (including phenoxy) is 1. The molecule has 0 spiro atoms. The number of anilines is 1. The molecule has 2 rings (SSSR count). The Morgan fingerprint density at radius 2 is 2.30 bits per heavy atom. The van der Waals surface area contributed by atoms with Gasteiger partial charge in [0.05, 0.1) is 6.10 Å². The number of rotatable bonds is 6. The molecule has 5 nitrogen and oxygen atoms in total. The maximum absolute atomic E-state index is 12.0. The Balaban J connectivity index is 0.00000264. The number of amides is 1. The van der Waals surface area contributed by atoms with Crippen LogP contribution in [-0.4, -0.2) is 49.7 Å². The van der Waals surface area contributed by atoms with Crippen LogP contribution in [0.2, 0.25) is 5.02 Å². The highest BCUT2D eigenvalue weighted by Crippen LogP contribution is 2.19. The molecule has 1 aliphatic heterocycles. The second kappa shape index (κ2) is 10.1. The monoisotopic (exact) mass is 361 g/mol. The topological polar surface area (TPSA) is 67.6 Å². The van der Waals surface area contributed by atoms with E-state index in [9.17, 15) is 4.79 Å². The minimum atomic E-state index is -0.00750. The lowest BCUT2D eigenvalue weighted by molar-refractivity contribution is -0.116. The molecule has 0 saturated carbocycles. The van der Waals surface area contributed by atoms with Gasteiger partial charge in [0.1, 0.15) is 0 Å². The predicted molar refractivity (Wildman–Crippen MR) is 96.4 cm³/mol. The van der Waals surface area contributed by atoms with E-state index in [1.165, 1.54) is 0 Å². The molecule has 1 aliphatic rings. The molecule has 3 N–H and O–H groups in total. The Hall–Kier alpha value is -0.850. The van der Waals surface area contributed by atoms with Gasteiger partial charge in [0, 0.05) is 49.9 Å². The van der Waals surface area contributed by atoms with Gasteiger partial charge in [-0.1, -0.05) is 17.7 Å². The van der Waals surface area contributed by atoms with Gasteiger partial charge < -0.3 is 15.8 Å². The number of likely N-dealkylation sites (tertiary alicyclic amines) is 1. The molecule has 2 atom stereocenters. The summed E-state index contributed by atoms with van der Waals surface area (Å²) in [6, 6.07) is 7.46. The highest BCUT2D eigenvalue weighted by Gasteiger charge is 2.27. The van der Waals surface area contributed by atoms with Crippen LogP contribution in [0.3, 0.4) is 0 Å². The van der Waals surface area contributed by atoms with Crippen LogP contribution in [0.5, 0.6) is 0 Å². The van der Waals surface area contributed by atoms with E-state index in [4.69, 9.17) is 22.1 Å². The van der Waals surface area contributed by atoms with Crippen molar-refractivity contribution in [1.29, 1.82) is 0 Å². The van der Waals surface area contributed by atoms with E-state index in [1.807, 2.05) is 12.1 Å². The van der Waals surface area contributed by atoms with Gasteiger partial charge in [-0.25, -0.2) is 0 Å². The summed E-state index contributed by atoms with van der Waals surface area (Å²) in [5.74, 6) is -0.00750. The minimum Gasteiger partial charge on any atom is -0.381 e. The van der Waals surface area contributed by atoms with E-state index in [1.54, 1.807) is 19.2 Å². The summed E-state index contributed by atoms with van der Waals surface area (Å²) in [4.78, 5) is 14.3. The van der Waals surface area contributed by atoms with Crippen molar-refractivity contribution in [1.82, 2.24) is 4.90 Å². The first-order valence-electron chi connectivity index (χ1n) is 7.64. The second-order valence-electron chi connectivity index (χ2n) is 5.62. The molecule has 1 saturated heterocycles. The fraction of sp³-hybridized carbons (Fsp3) is 0.562. The van der Waals surface area contributed by atoms with Gasteiger partial charge in [0.15, 0.2) is 0 Å². The Kier molecular flexibility index (Phi) is 8.87. The van der Waals surface area contributed by atoms with Crippen molar-refractivity contribution in [2.24, 2.45) is 5.73 Å². The second-order valence-corrected chi connectivity index (χ2v) is 6.05. The molecule has 0 bridgehead atoms. The summed E-state index contributed by atoms with van der Waals surface area (Å²) in [6.07, 6.45) is 2.65. The molecular formula is C16H25Cl2N3O2. The number of hydrogen-bond acceptors (Lipinski definition) is 4. The summed E-state index contributed by atoms with van der Waals surface area (Å²) in [5.41, 5.74) is 6.57. The van der Waals surface area contributed by atoms with Crippen LogP contribution in [0.15, 0.2) is 24.3 Å². The lowest BCUT2D eigenvalue weighted by atomic mass is 9.99. The molecular weight excluding hydrogens is 337 g/mol. The van der Waals surface area contributed by atoms with Crippen LogP contribution in [-0.2, 0) is 9.53 Å². The smallest absolute Gasteiger partial charge is 0.225 e. The van der Waals surface area contributed by atoms with E-state index in [0.29, 0.717) is 24.5 Å². The number of hydrogen-bond donors (Lipinski definition) is 2. The number of benzene rings is 1. The lowest BCUT2D eigenvalue weighted by Gasteiger charge is -2.38. The van der Waals surface area contributed by atoms with Crippen molar-refractivity contribution in [3.63, 3.8) is 0 Å². The summed E-state index contributed by atoms with van der Waals surface area (Å²) in [6.45, 7) is 2.23. The molecule has 7 heteroatoms. The van der Waals surface area contributed by atoms with E-state index in [-0.39, 0.29) is 30.5 Å². The molecule has 1 fully saturated rings. The quantitative estimate of drug-likeness (QED) is 0.816. The summed E-state index contributed by atoms with van der Waals surface area (Å²) in [5, 5.41) is 3.48. The Morgan fingerprint density at radius 3 is 2.96 bits per heavy atom. The van der Waals surface area contributed by atoms with Crippen LogP contribution >= 0.6 is 24.0 Å². The number of nitrogens with zero attached hydrogens (tertiary/aromatic N) is 1. The number of nitrogens with one attached hydrogen (secondary N) is 1. The molecule has 2 unspecified atom stereocenters. The number of carbonyl (C=O) groups excluding carboxylic acids is 1. The van der Waals surface area contributed by atoms with Gasteiger partial charge >= 0.3 is 0 Å². The largest absolute Gasteiger partial charge is 0.381 e. The van der Waals surface area contributed by atoms with E-state index in [0.717, 1.165) is 25.1 Å². The zero-order chi connectivity index (χ0) is 15.9. The maximum Gasteiger partial charge on any atom is 0.225 e. The average Bonchev–Trinajstić information content (AvgIpc) is 2.52. The third-order valence-electron chi connectivity index (χ3n) is 4.13. The fourth-order valence-corrected chi connectivity index (χ4v) is 3.04. The Bertz CT molecular complexity index is 502. The third-order valence-corrected chi connectivity index (χ3v) is 4.36. The summed E-state index contributed by atoms with van der Waals surface area (Å²) >= 11 is 5.91. The van der Waals surface area contributed by atoms with Crippen molar-refractivity contribution < 1.29 is 9.53 Å². The number of piperidine rings is 1.